The third-order valence-corrected chi connectivity index (χ3v) is 5.31. The van der Waals surface area contributed by atoms with Crippen LogP contribution in [0, 0.1) is 13.8 Å². The van der Waals surface area contributed by atoms with Crippen molar-refractivity contribution in [1.82, 2.24) is 5.32 Å². The van der Waals surface area contributed by atoms with E-state index in [2.05, 4.69) is 54.8 Å². The third-order valence-electron chi connectivity index (χ3n) is 3.70. The Morgan fingerprint density at radius 3 is 2.54 bits per heavy atom. The van der Waals surface area contributed by atoms with E-state index in [-0.39, 0.29) is 0 Å². The number of nitrogens with one attached hydrogen (secondary N) is 2. The van der Waals surface area contributed by atoms with Gasteiger partial charge in [-0.05, 0) is 79.2 Å². The van der Waals surface area contributed by atoms with E-state index in [4.69, 9.17) is 23.8 Å². The van der Waals surface area contributed by atoms with Crippen molar-refractivity contribution < 1.29 is 0 Å². The van der Waals surface area contributed by atoms with Crippen molar-refractivity contribution in [2.24, 2.45) is 0 Å². The lowest BCUT2D eigenvalue weighted by molar-refractivity contribution is 0.854. The fraction of sp³-hybridized carbons (Fsp3) is 0.316. The van der Waals surface area contributed by atoms with Crippen LogP contribution >= 0.6 is 35.6 Å². The Bertz CT molecular complexity index is 672. The molecule has 0 aliphatic heterocycles. The van der Waals surface area contributed by atoms with Gasteiger partial charge in [0.15, 0.2) is 5.11 Å². The van der Waals surface area contributed by atoms with Crippen LogP contribution in [0.25, 0.3) is 0 Å². The molecule has 0 spiro atoms. The van der Waals surface area contributed by atoms with E-state index in [0.717, 1.165) is 35.2 Å². The monoisotopic (exact) mass is 378 g/mol. The second-order valence-corrected chi connectivity index (χ2v) is 7.66. The van der Waals surface area contributed by atoms with Crippen LogP contribution in [0.15, 0.2) is 42.5 Å². The van der Waals surface area contributed by atoms with E-state index in [1.54, 1.807) is 0 Å². The van der Waals surface area contributed by atoms with Crippen LogP contribution in [0.1, 0.15) is 23.1 Å². The molecule has 0 saturated heterocycles. The van der Waals surface area contributed by atoms with Gasteiger partial charge in [0.2, 0.25) is 0 Å². The lowest BCUT2D eigenvalue weighted by Crippen LogP contribution is -2.29. The molecule has 0 heterocycles. The maximum Gasteiger partial charge on any atom is 0.170 e. The van der Waals surface area contributed by atoms with Crippen LogP contribution < -0.4 is 10.6 Å². The van der Waals surface area contributed by atoms with Gasteiger partial charge in [0.25, 0.3) is 0 Å². The van der Waals surface area contributed by atoms with E-state index in [9.17, 15) is 0 Å². The zero-order chi connectivity index (χ0) is 17.4. The fourth-order valence-electron chi connectivity index (χ4n) is 2.14. The number of hydrogen-bond donors (Lipinski definition) is 2. The molecule has 5 heteroatoms. The van der Waals surface area contributed by atoms with Gasteiger partial charge in [-0.1, -0.05) is 29.8 Å². The second-order valence-electron chi connectivity index (χ2n) is 5.71. The normalized spacial score (nSPS) is 10.5. The highest BCUT2D eigenvalue weighted by molar-refractivity contribution is 7.98. The molecule has 2 nitrogen and oxygen atoms in total. The van der Waals surface area contributed by atoms with E-state index in [1.165, 1.54) is 16.7 Å². The van der Waals surface area contributed by atoms with E-state index in [0.29, 0.717) is 5.11 Å². The van der Waals surface area contributed by atoms with Crippen molar-refractivity contribution >= 4 is 46.4 Å². The largest absolute Gasteiger partial charge is 0.362 e. The van der Waals surface area contributed by atoms with E-state index < -0.39 is 0 Å². The molecule has 0 atom stereocenters. The number of rotatable bonds is 7. The molecular weight excluding hydrogens is 356 g/mol. The number of anilines is 1. The molecule has 0 unspecified atom stereocenters. The third kappa shape index (κ3) is 6.71. The van der Waals surface area contributed by atoms with Crippen molar-refractivity contribution in [2.75, 3.05) is 17.6 Å². The first-order chi connectivity index (χ1) is 11.5. The average molecular weight is 379 g/mol. The Kier molecular flexibility index (Phi) is 7.89. The highest BCUT2D eigenvalue weighted by Gasteiger charge is 2.00. The predicted molar refractivity (Wildman–Crippen MR) is 112 cm³/mol. The number of thiocarbonyl (C=S) groups is 1. The van der Waals surface area contributed by atoms with Gasteiger partial charge in [-0.3, -0.25) is 0 Å². The molecule has 2 aromatic carbocycles. The maximum absolute atomic E-state index is 5.88. The molecule has 2 aromatic rings. The van der Waals surface area contributed by atoms with Crippen LogP contribution in [0.2, 0.25) is 5.02 Å². The summed E-state index contributed by atoms with van der Waals surface area (Å²) in [5, 5.41) is 7.96. The minimum atomic E-state index is 0.681. The van der Waals surface area contributed by atoms with Gasteiger partial charge >= 0.3 is 0 Å². The first kappa shape index (κ1) is 19.1. The molecule has 2 N–H and O–H groups in total. The minimum Gasteiger partial charge on any atom is -0.362 e. The smallest absolute Gasteiger partial charge is 0.170 e. The lowest BCUT2D eigenvalue weighted by atomic mass is 10.1. The van der Waals surface area contributed by atoms with Crippen molar-refractivity contribution in [1.29, 1.82) is 0 Å². The molecule has 0 aliphatic carbocycles. The van der Waals surface area contributed by atoms with Crippen LogP contribution in [0.5, 0.6) is 0 Å². The van der Waals surface area contributed by atoms with Gasteiger partial charge in [-0.25, -0.2) is 0 Å². The number of thioether (sulfide) groups is 1. The number of hydrogen-bond acceptors (Lipinski definition) is 2. The lowest BCUT2D eigenvalue weighted by Gasteiger charge is -2.11. The number of halogens is 1. The Hall–Kier alpha value is -1.23. The molecule has 2 rings (SSSR count). The van der Waals surface area contributed by atoms with Crippen LogP contribution in [-0.2, 0) is 5.75 Å². The molecule has 0 saturated carbocycles. The van der Waals surface area contributed by atoms with E-state index >= 15 is 0 Å². The van der Waals surface area contributed by atoms with Crippen LogP contribution in [0.4, 0.5) is 5.69 Å². The van der Waals surface area contributed by atoms with Gasteiger partial charge in [0, 0.05) is 23.0 Å². The summed E-state index contributed by atoms with van der Waals surface area (Å²) >= 11 is 13.1. The molecule has 0 fully saturated rings. The van der Waals surface area contributed by atoms with Crippen molar-refractivity contribution in [3.8, 4) is 0 Å². The predicted octanol–water partition coefficient (Wildman–Crippen LogP) is 5.57. The van der Waals surface area contributed by atoms with Crippen molar-refractivity contribution in [2.45, 2.75) is 26.0 Å². The fourth-order valence-corrected chi connectivity index (χ4v) is 3.41. The standard InChI is InChI=1S/C19H23ClN2S2/c1-14-4-9-18(12-15(14)2)22-19(23)21-10-3-11-24-13-16-5-7-17(20)8-6-16/h4-9,12H,3,10-11,13H2,1-2H3,(H2,21,22,23). The molecule has 0 amide bonds. The molecule has 128 valence electrons. The molecule has 0 radical (unpaired) electrons. The SMILES string of the molecule is Cc1ccc(NC(=S)NCCCSCc2ccc(Cl)cc2)cc1C. The van der Waals surface area contributed by atoms with Crippen LogP contribution in [0.3, 0.4) is 0 Å². The summed E-state index contributed by atoms with van der Waals surface area (Å²) in [5.74, 6) is 2.12. The highest BCUT2D eigenvalue weighted by atomic mass is 35.5. The van der Waals surface area contributed by atoms with E-state index in [1.807, 2.05) is 23.9 Å². The maximum atomic E-state index is 5.88. The van der Waals surface area contributed by atoms with Gasteiger partial charge < -0.3 is 10.6 Å². The number of benzene rings is 2. The molecule has 0 bridgehead atoms. The average Bonchev–Trinajstić information content (AvgIpc) is 2.56. The minimum absolute atomic E-state index is 0.681. The van der Waals surface area contributed by atoms with Crippen LogP contribution in [-0.4, -0.2) is 17.4 Å². The summed E-state index contributed by atoms with van der Waals surface area (Å²) in [4.78, 5) is 0. The first-order valence-electron chi connectivity index (χ1n) is 7.99. The summed E-state index contributed by atoms with van der Waals surface area (Å²) in [5.41, 5.74) is 4.90. The van der Waals surface area contributed by atoms with Gasteiger partial charge in [-0.15, -0.1) is 0 Å². The zero-order valence-electron chi connectivity index (χ0n) is 14.1. The Balaban J connectivity index is 1.59. The molecule has 24 heavy (non-hydrogen) atoms. The Morgan fingerprint density at radius 1 is 1.08 bits per heavy atom. The summed E-state index contributed by atoms with van der Waals surface area (Å²) < 4.78 is 0. The molecule has 0 aliphatic rings. The second kappa shape index (κ2) is 9.92. The molecule has 0 aromatic heterocycles. The van der Waals surface area contributed by atoms with Crippen molar-refractivity contribution in [3.63, 3.8) is 0 Å². The Labute approximate surface area is 159 Å². The zero-order valence-corrected chi connectivity index (χ0v) is 16.5. The topological polar surface area (TPSA) is 24.1 Å². The number of aryl methyl sites for hydroxylation is 2. The van der Waals surface area contributed by atoms with Crippen molar-refractivity contribution in [3.05, 3.63) is 64.2 Å². The van der Waals surface area contributed by atoms with Gasteiger partial charge in [0.1, 0.15) is 0 Å². The summed E-state index contributed by atoms with van der Waals surface area (Å²) in [7, 11) is 0. The van der Waals surface area contributed by atoms with Gasteiger partial charge in [0.05, 0.1) is 0 Å². The summed E-state index contributed by atoms with van der Waals surface area (Å²) in [6.45, 7) is 5.09. The summed E-state index contributed by atoms with van der Waals surface area (Å²) in [6, 6.07) is 14.3. The summed E-state index contributed by atoms with van der Waals surface area (Å²) in [6.07, 6.45) is 1.08. The van der Waals surface area contributed by atoms with Gasteiger partial charge in [-0.2, -0.15) is 11.8 Å². The quantitative estimate of drug-likeness (QED) is 0.486. The first-order valence-corrected chi connectivity index (χ1v) is 9.93. The Morgan fingerprint density at radius 2 is 1.83 bits per heavy atom. The molecular formula is C19H23ClN2S2. The highest BCUT2D eigenvalue weighted by Crippen LogP contribution is 2.16.